The summed E-state index contributed by atoms with van der Waals surface area (Å²) >= 11 is 0. The topological polar surface area (TPSA) is 18.5 Å². The van der Waals surface area contributed by atoms with Gasteiger partial charge >= 0.3 is 10.0 Å². The minimum Gasteiger partial charge on any atom is -0.399 e. The third-order valence-electron chi connectivity index (χ3n) is 2.35. The third kappa shape index (κ3) is 5.11. The zero-order valence-electron chi connectivity index (χ0n) is 9.61. The van der Waals surface area contributed by atoms with E-state index in [-0.39, 0.29) is 0 Å². The van der Waals surface area contributed by atoms with Crippen LogP contribution in [-0.2, 0) is 15.3 Å². The molecule has 0 aromatic heterocycles. The quantitative estimate of drug-likeness (QED) is 0.521. The van der Waals surface area contributed by atoms with E-state index < -0.39 is 10.0 Å². The second-order valence-corrected chi connectivity index (χ2v) is 4.47. The maximum atomic E-state index is 5.75. The van der Waals surface area contributed by atoms with E-state index in [1.807, 2.05) is 13.0 Å². The van der Waals surface area contributed by atoms with E-state index >= 15 is 0 Å². The molecule has 0 aliphatic carbocycles. The molecule has 84 valence electrons. The first-order valence-corrected chi connectivity index (χ1v) is 6.75. The van der Waals surface area contributed by atoms with Crippen LogP contribution in [0.3, 0.4) is 0 Å². The fourth-order valence-electron chi connectivity index (χ4n) is 1.43. The van der Waals surface area contributed by atoms with Crippen molar-refractivity contribution in [3.63, 3.8) is 0 Å². The molecule has 1 aromatic rings. The van der Waals surface area contributed by atoms with Gasteiger partial charge in [0.05, 0.1) is 6.10 Å². The summed E-state index contributed by atoms with van der Waals surface area (Å²) in [5, 5.41) is 0. The van der Waals surface area contributed by atoms with Crippen LogP contribution in [0.1, 0.15) is 25.8 Å². The van der Waals surface area contributed by atoms with E-state index in [4.69, 9.17) is 8.85 Å². The van der Waals surface area contributed by atoms with Crippen LogP contribution in [-0.4, -0.2) is 22.7 Å². The Kier molecular flexibility index (Phi) is 6.32. The van der Waals surface area contributed by atoms with E-state index in [9.17, 15) is 0 Å². The van der Waals surface area contributed by atoms with Crippen LogP contribution in [0.4, 0.5) is 0 Å². The Morgan fingerprint density at radius 2 is 1.93 bits per heavy atom. The van der Waals surface area contributed by atoms with Gasteiger partial charge in [0, 0.05) is 6.61 Å². The maximum Gasteiger partial charge on any atom is 0.304 e. The van der Waals surface area contributed by atoms with Crippen LogP contribution in [0.2, 0.25) is 0 Å². The van der Waals surface area contributed by atoms with Crippen molar-refractivity contribution >= 4 is 10.0 Å². The Balaban J connectivity index is 2.33. The lowest BCUT2D eigenvalue weighted by molar-refractivity contribution is 0.155. The van der Waals surface area contributed by atoms with Crippen LogP contribution >= 0.6 is 0 Å². The van der Waals surface area contributed by atoms with Gasteiger partial charge in [0.1, 0.15) is 0 Å². The second kappa shape index (κ2) is 7.62. The summed E-state index contributed by atoms with van der Waals surface area (Å²) in [7, 11) is -0.763. The molecule has 1 atom stereocenters. The lowest BCUT2D eigenvalue weighted by Gasteiger charge is -2.16. The van der Waals surface area contributed by atoms with Crippen molar-refractivity contribution in [2.24, 2.45) is 0 Å². The van der Waals surface area contributed by atoms with E-state index in [1.54, 1.807) is 0 Å². The Morgan fingerprint density at radius 1 is 1.20 bits per heavy atom. The van der Waals surface area contributed by atoms with Crippen molar-refractivity contribution in [1.82, 2.24) is 0 Å². The van der Waals surface area contributed by atoms with Gasteiger partial charge in [0.25, 0.3) is 0 Å². The molecule has 0 fully saturated rings. The zero-order valence-corrected chi connectivity index (χ0v) is 11.0. The highest BCUT2D eigenvalue weighted by Gasteiger charge is 2.07. The molecular weight excluding hydrogens is 204 g/mol. The number of rotatable bonds is 7. The Morgan fingerprint density at radius 3 is 2.53 bits per heavy atom. The Hall–Kier alpha value is -0.643. The summed E-state index contributed by atoms with van der Waals surface area (Å²) < 4.78 is 11.1. The highest BCUT2D eigenvalue weighted by atomic mass is 28.3. The lowest BCUT2D eigenvalue weighted by Crippen LogP contribution is -2.19. The van der Waals surface area contributed by atoms with Crippen LogP contribution in [0.5, 0.6) is 0 Å². The molecule has 0 aliphatic rings. The molecule has 1 unspecified atom stereocenters. The van der Waals surface area contributed by atoms with Crippen molar-refractivity contribution in [3.8, 4) is 0 Å². The maximum absolute atomic E-state index is 5.75. The van der Waals surface area contributed by atoms with Crippen molar-refractivity contribution in [2.75, 3.05) is 6.61 Å². The van der Waals surface area contributed by atoms with Gasteiger partial charge in [-0.3, -0.25) is 0 Å². The minimum atomic E-state index is -0.763. The molecule has 1 rings (SSSR count). The van der Waals surface area contributed by atoms with E-state index in [1.165, 1.54) is 5.56 Å². The van der Waals surface area contributed by atoms with Crippen molar-refractivity contribution < 1.29 is 8.85 Å². The Bertz CT molecular complexity index is 251. The SMILES string of the molecule is CCO[SiH2]OC(CC)Cc1ccccc1. The highest BCUT2D eigenvalue weighted by Crippen LogP contribution is 2.08. The molecule has 15 heavy (non-hydrogen) atoms. The summed E-state index contributed by atoms with van der Waals surface area (Å²) in [6.45, 7) is 4.94. The summed E-state index contributed by atoms with van der Waals surface area (Å²) in [5.74, 6) is 0. The molecule has 0 aliphatic heterocycles. The van der Waals surface area contributed by atoms with Crippen molar-refractivity contribution in [1.29, 1.82) is 0 Å². The fraction of sp³-hybridized carbons (Fsp3) is 0.500. The second-order valence-electron chi connectivity index (χ2n) is 3.50. The molecule has 0 saturated carbocycles. The van der Waals surface area contributed by atoms with E-state index in [0.29, 0.717) is 6.10 Å². The van der Waals surface area contributed by atoms with Gasteiger partial charge in [-0.2, -0.15) is 0 Å². The van der Waals surface area contributed by atoms with Gasteiger partial charge in [-0.25, -0.2) is 0 Å². The molecule has 0 amide bonds. The number of hydrogen-bond acceptors (Lipinski definition) is 2. The molecule has 0 spiro atoms. The predicted molar refractivity (Wildman–Crippen MR) is 65.5 cm³/mol. The van der Waals surface area contributed by atoms with Crippen LogP contribution < -0.4 is 0 Å². The van der Waals surface area contributed by atoms with Crippen LogP contribution in [0.15, 0.2) is 30.3 Å². The van der Waals surface area contributed by atoms with Crippen molar-refractivity contribution in [2.45, 2.75) is 32.8 Å². The molecule has 0 N–H and O–H groups in total. The Labute approximate surface area is 94.7 Å². The molecule has 2 nitrogen and oxygen atoms in total. The summed E-state index contributed by atoms with van der Waals surface area (Å²) in [5.41, 5.74) is 1.34. The zero-order chi connectivity index (χ0) is 10.9. The summed E-state index contributed by atoms with van der Waals surface area (Å²) in [6, 6.07) is 10.5. The largest absolute Gasteiger partial charge is 0.399 e. The van der Waals surface area contributed by atoms with Crippen molar-refractivity contribution in [3.05, 3.63) is 35.9 Å². The van der Waals surface area contributed by atoms with Gasteiger partial charge in [0.15, 0.2) is 0 Å². The summed E-state index contributed by atoms with van der Waals surface area (Å²) in [4.78, 5) is 0. The van der Waals surface area contributed by atoms with Gasteiger partial charge < -0.3 is 8.85 Å². The standard InChI is InChI=1S/C12H20O2Si/c1-3-12(14-15-13-4-2)10-11-8-6-5-7-9-11/h5-9,12H,3-4,10,15H2,1-2H3. The minimum absolute atomic E-state index is 0.325. The first-order chi connectivity index (χ1) is 7.36. The predicted octanol–water partition coefficient (Wildman–Crippen LogP) is 2.06. The molecule has 0 bridgehead atoms. The van der Waals surface area contributed by atoms with Gasteiger partial charge in [-0.1, -0.05) is 37.3 Å². The van der Waals surface area contributed by atoms with Crippen LogP contribution in [0.25, 0.3) is 0 Å². The van der Waals surface area contributed by atoms with E-state index in [2.05, 4.69) is 31.2 Å². The third-order valence-corrected chi connectivity index (χ3v) is 3.54. The van der Waals surface area contributed by atoms with Gasteiger partial charge in [-0.05, 0) is 25.3 Å². The molecule has 0 saturated heterocycles. The molecule has 3 heteroatoms. The number of benzene rings is 1. The van der Waals surface area contributed by atoms with Gasteiger partial charge in [0.2, 0.25) is 0 Å². The lowest BCUT2D eigenvalue weighted by atomic mass is 10.1. The monoisotopic (exact) mass is 224 g/mol. The average molecular weight is 224 g/mol. The first-order valence-electron chi connectivity index (χ1n) is 5.60. The molecule has 0 radical (unpaired) electrons. The smallest absolute Gasteiger partial charge is 0.304 e. The molecule has 0 heterocycles. The highest BCUT2D eigenvalue weighted by molar-refractivity contribution is 6.18. The van der Waals surface area contributed by atoms with Gasteiger partial charge in [-0.15, -0.1) is 0 Å². The fourth-order valence-corrected chi connectivity index (χ4v) is 2.23. The first kappa shape index (κ1) is 12.4. The summed E-state index contributed by atoms with van der Waals surface area (Å²) in [6.07, 6.45) is 2.37. The molecule has 1 aromatic carbocycles. The number of hydrogen-bond donors (Lipinski definition) is 0. The van der Waals surface area contributed by atoms with E-state index in [0.717, 1.165) is 19.4 Å². The molecular formula is C12H20O2Si. The normalized spacial score (nSPS) is 13.5. The van der Waals surface area contributed by atoms with Crippen LogP contribution in [0, 0.1) is 0 Å². The average Bonchev–Trinajstić information content (AvgIpc) is 2.29.